The SMILES string of the molecule is CCOC(=O)Nc1ccc(Cl)cc1[C@](C#CC1CC1)(OC(=O)OCC)C(F)(F)F. The van der Waals surface area contributed by atoms with Crippen molar-refractivity contribution in [1.29, 1.82) is 0 Å². The van der Waals surface area contributed by atoms with Crippen LogP contribution in [0.25, 0.3) is 0 Å². The van der Waals surface area contributed by atoms with Crippen molar-refractivity contribution in [2.45, 2.75) is 38.5 Å². The quantitative estimate of drug-likeness (QED) is 0.507. The van der Waals surface area contributed by atoms with Crippen LogP contribution in [0.2, 0.25) is 5.02 Å². The molecule has 1 atom stereocenters. The topological polar surface area (TPSA) is 73.9 Å². The number of ether oxygens (including phenoxy) is 3. The maximum Gasteiger partial charge on any atom is 0.510 e. The van der Waals surface area contributed by atoms with Crippen molar-refractivity contribution in [3.05, 3.63) is 28.8 Å². The molecule has 0 radical (unpaired) electrons. The van der Waals surface area contributed by atoms with Gasteiger partial charge in [0.2, 0.25) is 0 Å². The van der Waals surface area contributed by atoms with Gasteiger partial charge in [-0.15, -0.1) is 0 Å². The average Bonchev–Trinajstić information content (AvgIpc) is 3.44. The van der Waals surface area contributed by atoms with Crippen molar-refractivity contribution >= 4 is 29.5 Å². The number of hydrogen-bond donors (Lipinski definition) is 1. The van der Waals surface area contributed by atoms with Crippen LogP contribution in [0.1, 0.15) is 32.3 Å². The standard InChI is InChI=1S/C19H19ClF3NO5/c1-3-27-16(25)24-15-8-7-13(20)11-14(15)18(19(21,22)23,10-9-12-5-6-12)29-17(26)28-4-2/h7-8,11-12H,3-6H2,1-2H3,(H,24,25)/t18-/m0/s1. The molecule has 1 aromatic carbocycles. The maximum atomic E-state index is 14.3. The molecule has 0 bridgehead atoms. The first kappa shape index (κ1) is 22.7. The third-order valence-corrected chi connectivity index (χ3v) is 4.04. The molecule has 1 aliphatic rings. The monoisotopic (exact) mass is 433 g/mol. The lowest BCUT2D eigenvalue weighted by Crippen LogP contribution is -2.46. The maximum absolute atomic E-state index is 14.3. The first-order valence-corrected chi connectivity index (χ1v) is 9.19. The van der Waals surface area contributed by atoms with E-state index >= 15 is 0 Å². The normalized spacial score (nSPS) is 15.4. The van der Waals surface area contributed by atoms with E-state index in [4.69, 9.17) is 21.1 Å². The Balaban J connectivity index is 2.66. The second-order valence-corrected chi connectivity index (χ2v) is 6.48. The van der Waals surface area contributed by atoms with Gasteiger partial charge in [0.25, 0.3) is 5.60 Å². The van der Waals surface area contributed by atoms with Crippen LogP contribution in [-0.2, 0) is 19.8 Å². The highest BCUT2D eigenvalue weighted by Crippen LogP contribution is 2.46. The molecule has 1 fully saturated rings. The van der Waals surface area contributed by atoms with Gasteiger partial charge in [-0.3, -0.25) is 5.32 Å². The van der Waals surface area contributed by atoms with Gasteiger partial charge in [-0.25, -0.2) is 9.59 Å². The Morgan fingerprint density at radius 3 is 2.41 bits per heavy atom. The molecule has 0 aliphatic heterocycles. The number of halogens is 4. The van der Waals surface area contributed by atoms with E-state index in [9.17, 15) is 22.8 Å². The van der Waals surface area contributed by atoms with Crippen LogP contribution in [0.5, 0.6) is 0 Å². The van der Waals surface area contributed by atoms with Gasteiger partial charge in [-0.2, -0.15) is 13.2 Å². The van der Waals surface area contributed by atoms with E-state index in [1.54, 1.807) is 0 Å². The molecule has 0 unspecified atom stereocenters. The summed E-state index contributed by atoms with van der Waals surface area (Å²) in [5.41, 5.74) is -4.38. The zero-order chi connectivity index (χ0) is 21.7. The fraction of sp³-hybridized carbons (Fsp3) is 0.474. The van der Waals surface area contributed by atoms with Crippen LogP contribution in [0, 0.1) is 17.8 Å². The van der Waals surface area contributed by atoms with Crippen LogP contribution >= 0.6 is 11.6 Å². The zero-order valence-corrected chi connectivity index (χ0v) is 16.4. The van der Waals surface area contributed by atoms with E-state index in [1.165, 1.54) is 19.9 Å². The van der Waals surface area contributed by atoms with Crippen LogP contribution < -0.4 is 5.32 Å². The molecule has 2 rings (SSSR count). The summed E-state index contributed by atoms with van der Waals surface area (Å²) < 4.78 is 56.9. The van der Waals surface area contributed by atoms with E-state index in [1.807, 2.05) is 0 Å². The molecule has 1 amide bonds. The predicted octanol–water partition coefficient (Wildman–Crippen LogP) is 5.25. The summed E-state index contributed by atoms with van der Waals surface area (Å²) in [6.45, 7) is 2.75. The molecule has 0 saturated heterocycles. The van der Waals surface area contributed by atoms with Gasteiger partial charge in [0.15, 0.2) is 0 Å². The predicted molar refractivity (Wildman–Crippen MR) is 98.4 cm³/mol. The van der Waals surface area contributed by atoms with Gasteiger partial charge in [-0.1, -0.05) is 17.5 Å². The molecule has 1 N–H and O–H groups in total. The summed E-state index contributed by atoms with van der Waals surface area (Å²) in [7, 11) is 0. The molecule has 1 aliphatic carbocycles. The third-order valence-electron chi connectivity index (χ3n) is 3.80. The summed E-state index contributed by atoms with van der Waals surface area (Å²) in [5.74, 6) is 4.32. The van der Waals surface area contributed by atoms with E-state index < -0.39 is 29.6 Å². The van der Waals surface area contributed by atoms with Crippen molar-refractivity contribution < 1.29 is 37.0 Å². The van der Waals surface area contributed by atoms with Crippen LogP contribution in [0.4, 0.5) is 28.4 Å². The summed E-state index contributed by atoms with van der Waals surface area (Å²) >= 11 is 5.91. The highest BCUT2D eigenvalue weighted by molar-refractivity contribution is 6.30. The molecule has 1 saturated carbocycles. The molecule has 0 spiro atoms. The largest absolute Gasteiger partial charge is 0.510 e. The van der Waals surface area contributed by atoms with Gasteiger partial charge in [0.05, 0.1) is 18.9 Å². The Morgan fingerprint density at radius 1 is 1.21 bits per heavy atom. The minimum absolute atomic E-state index is 0.0000183. The Bertz CT molecular complexity index is 829. The number of carbonyl (C=O) groups is 2. The Labute approximate surface area is 170 Å². The van der Waals surface area contributed by atoms with E-state index in [-0.39, 0.29) is 29.8 Å². The number of alkyl halides is 3. The molecular formula is C19H19ClF3NO5. The summed E-state index contributed by atoms with van der Waals surface area (Å²) in [6, 6.07) is 3.34. The number of rotatable bonds is 5. The van der Waals surface area contributed by atoms with Crippen LogP contribution in [0.15, 0.2) is 18.2 Å². The van der Waals surface area contributed by atoms with Gasteiger partial charge in [-0.05, 0) is 50.8 Å². The summed E-state index contributed by atoms with van der Waals surface area (Å²) in [6.07, 6.45) is -6.43. The molecule has 10 heteroatoms. The van der Waals surface area contributed by atoms with Gasteiger partial charge in [0.1, 0.15) is 0 Å². The molecule has 1 aromatic rings. The van der Waals surface area contributed by atoms with Crippen LogP contribution in [0.3, 0.4) is 0 Å². The fourth-order valence-corrected chi connectivity index (χ4v) is 2.50. The summed E-state index contributed by atoms with van der Waals surface area (Å²) in [5, 5.41) is 2.12. The van der Waals surface area contributed by atoms with E-state index in [2.05, 4.69) is 21.9 Å². The zero-order valence-electron chi connectivity index (χ0n) is 15.7. The lowest BCUT2D eigenvalue weighted by atomic mass is 9.91. The van der Waals surface area contributed by atoms with Crippen molar-refractivity contribution in [2.75, 3.05) is 18.5 Å². The minimum Gasteiger partial charge on any atom is -0.450 e. The van der Waals surface area contributed by atoms with Gasteiger partial charge in [0, 0.05) is 16.5 Å². The minimum atomic E-state index is -5.17. The smallest absolute Gasteiger partial charge is 0.450 e. The first-order valence-electron chi connectivity index (χ1n) is 8.82. The van der Waals surface area contributed by atoms with E-state index in [0.717, 1.165) is 12.1 Å². The van der Waals surface area contributed by atoms with Crippen molar-refractivity contribution in [1.82, 2.24) is 0 Å². The molecule has 29 heavy (non-hydrogen) atoms. The molecular weight excluding hydrogens is 415 g/mol. The third kappa shape index (κ3) is 5.70. The molecule has 0 aromatic heterocycles. The Kier molecular flexibility index (Phi) is 7.25. The van der Waals surface area contributed by atoms with Crippen molar-refractivity contribution in [3.8, 4) is 11.8 Å². The van der Waals surface area contributed by atoms with E-state index in [0.29, 0.717) is 12.8 Å². The fourth-order valence-electron chi connectivity index (χ4n) is 2.33. The van der Waals surface area contributed by atoms with Crippen molar-refractivity contribution in [3.63, 3.8) is 0 Å². The number of anilines is 1. The number of hydrogen-bond acceptors (Lipinski definition) is 5. The van der Waals surface area contributed by atoms with Crippen LogP contribution in [-0.4, -0.2) is 31.6 Å². The number of benzene rings is 1. The molecule has 158 valence electrons. The average molecular weight is 434 g/mol. The van der Waals surface area contributed by atoms with Gasteiger partial charge >= 0.3 is 18.4 Å². The van der Waals surface area contributed by atoms with Gasteiger partial charge < -0.3 is 14.2 Å². The lowest BCUT2D eigenvalue weighted by Gasteiger charge is -2.32. The Morgan fingerprint density at radius 2 is 1.86 bits per heavy atom. The second kappa shape index (κ2) is 9.27. The first-order chi connectivity index (χ1) is 13.6. The summed E-state index contributed by atoms with van der Waals surface area (Å²) in [4.78, 5) is 23.7. The Hall–Kier alpha value is -2.60. The lowest BCUT2D eigenvalue weighted by molar-refractivity contribution is -0.244. The number of nitrogens with one attached hydrogen (secondary N) is 1. The highest BCUT2D eigenvalue weighted by atomic mass is 35.5. The highest BCUT2D eigenvalue weighted by Gasteiger charge is 2.61. The molecule has 6 nitrogen and oxygen atoms in total. The number of carbonyl (C=O) groups excluding carboxylic acids is 2. The van der Waals surface area contributed by atoms with Crippen molar-refractivity contribution in [2.24, 2.45) is 5.92 Å². The second-order valence-electron chi connectivity index (χ2n) is 6.04. The molecule has 0 heterocycles. The number of amides is 1.